The van der Waals surface area contributed by atoms with Gasteiger partial charge in [-0.1, -0.05) is 12.8 Å². The van der Waals surface area contributed by atoms with E-state index >= 15 is 0 Å². The number of amides is 1. The molecular weight excluding hydrogens is 364 g/mol. The number of nitrogens with zero attached hydrogens (tertiary/aromatic N) is 2. The van der Waals surface area contributed by atoms with E-state index in [4.69, 9.17) is 4.74 Å². The molecule has 0 bridgehead atoms. The van der Waals surface area contributed by atoms with E-state index in [-0.39, 0.29) is 23.7 Å². The Morgan fingerprint density at radius 3 is 2.85 bits per heavy atom. The van der Waals surface area contributed by atoms with Gasteiger partial charge in [0, 0.05) is 24.1 Å². The van der Waals surface area contributed by atoms with Gasteiger partial charge < -0.3 is 15.4 Å². The van der Waals surface area contributed by atoms with Gasteiger partial charge in [0.2, 0.25) is 5.91 Å². The van der Waals surface area contributed by atoms with Crippen molar-refractivity contribution in [3.63, 3.8) is 0 Å². The predicted octanol–water partition coefficient (Wildman–Crippen LogP) is 3.72. The van der Waals surface area contributed by atoms with E-state index < -0.39 is 0 Å². The summed E-state index contributed by atoms with van der Waals surface area (Å²) < 4.78 is 5.66. The SMILES string of the molecule is Cc1ccnc(Oc2ccc(NC(=O)[C@@]34CCCC[C@H]3CNC4)cc2)n1.Cl. The van der Waals surface area contributed by atoms with Crippen molar-refractivity contribution in [2.75, 3.05) is 18.4 Å². The third-order valence-corrected chi connectivity index (χ3v) is 5.58. The smallest absolute Gasteiger partial charge is 0.322 e. The summed E-state index contributed by atoms with van der Waals surface area (Å²) in [6.07, 6.45) is 6.15. The summed E-state index contributed by atoms with van der Waals surface area (Å²) in [5, 5.41) is 6.53. The molecule has 144 valence electrons. The number of nitrogens with one attached hydrogen (secondary N) is 2. The van der Waals surface area contributed by atoms with Gasteiger partial charge in [0.1, 0.15) is 5.75 Å². The second-order valence-electron chi connectivity index (χ2n) is 7.29. The summed E-state index contributed by atoms with van der Waals surface area (Å²) in [6, 6.07) is 9.51. The van der Waals surface area contributed by atoms with E-state index in [1.54, 1.807) is 6.20 Å². The zero-order chi connectivity index (χ0) is 18.0. The third-order valence-electron chi connectivity index (χ3n) is 5.58. The molecule has 2 aromatic rings. The minimum atomic E-state index is -0.247. The van der Waals surface area contributed by atoms with Crippen LogP contribution in [0.15, 0.2) is 36.5 Å². The van der Waals surface area contributed by atoms with Gasteiger partial charge in [-0.2, -0.15) is 0 Å². The van der Waals surface area contributed by atoms with Gasteiger partial charge in [-0.3, -0.25) is 4.79 Å². The summed E-state index contributed by atoms with van der Waals surface area (Å²) in [5.41, 5.74) is 1.39. The molecule has 0 spiro atoms. The van der Waals surface area contributed by atoms with Crippen LogP contribution in [0.25, 0.3) is 0 Å². The van der Waals surface area contributed by atoms with Crippen molar-refractivity contribution in [1.29, 1.82) is 0 Å². The molecule has 6 nitrogen and oxygen atoms in total. The van der Waals surface area contributed by atoms with Gasteiger partial charge in [-0.05, 0) is 62.6 Å². The van der Waals surface area contributed by atoms with Crippen LogP contribution < -0.4 is 15.4 Å². The normalized spacial score (nSPS) is 23.8. The number of fused-ring (bicyclic) bond motifs is 1. The monoisotopic (exact) mass is 388 g/mol. The standard InChI is InChI=1S/C20H24N4O2.ClH/c1-14-9-11-22-19(23-14)26-17-7-5-16(6-8-17)24-18(25)20-10-3-2-4-15(20)12-21-13-20;/h5-9,11,15,21H,2-4,10,12-13H2,1H3,(H,24,25);1H/t15-,20+;/m0./s1. The average molecular weight is 389 g/mol. The summed E-state index contributed by atoms with van der Waals surface area (Å²) in [5.74, 6) is 1.24. The first-order valence-electron chi connectivity index (χ1n) is 9.25. The van der Waals surface area contributed by atoms with Crippen LogP contribution >= 0.6 is 12.4 Å². The molecule has 1 amide bonds. The summed E-state index contributed by atoms with van der Waals surface area (Å²) in [7, 11) is 0. The highest BCUT2D eigenvalue weighted by Crippen LogP contribution is 2.44. The van der Waals surface area contributed by atoms with E-state index in [1.807, 2.05) is 37.3 Å². The largest absolute Gasteiger partial charge is 0.424 e. The van der Waals surface area contributed by atoms with Crippen LogP contribution in [0.3, 0.4) is 0 Å². The van der Waals surface area contributed by atoms with E-state index in [0.717, 1.165) is 43.7 Å². The molecule has 27 heavy (non-hydrogen) atoms. The molecule has 1 saturated heterocycles. The number of rotatable bonds is 4. The maximum absolute atomic E-state index is 13.0. The lowest BCUT2D eigenvalue weighted by atomic mass is 9.67. The van der Waals surface area contributed by atoms with Crippen molar-refractivity contribution in [1.82, 2.24) is 15.3 Å². The van der Waals surface area contributed by atoms with Crippen LogP contribution in [-0.2, 0) is 4.79 Å². The molecule has 1 aliphatic carbocycles. The lowest BCUT2D eigenvalue weighted by molar-refractivity contribution is -0.128. The summed E-state index contributed by atoms with van der Waals surface area (Å²) in [6.45, 7) is 3.63. The van der Waals surface area contributed by atoms with Crippen LogP contribution in [0.2, 0.25) is 0 Å². The molecule has 0 radical (unpaired) electrons. The minimum absolute atomic E-state index is 0. The Balaban J connectivity index is 0.00000210. The van der Waals surface area contributed by atoms with Crippen molar-refractivity contribution in [2.24, 2.45) is 11.3 Å². The number of hydrogen-bond acceptors (Lipinski definition) is 5. The lowest BCUT2D eigenvalue weighted by Crippen LogP contribution is -2.44. The first-order valence-corrected chi connectivity index (χ1v) is 9.25. The van der Waals surface area contributed by atoms with Crippen LogP contribution in [0.4, 0.5) is 5.69 Å². The van der Waals surface area contributed by atoms with Gasteiger partial charge in [-0.15, -0.1) is 12.4 Å². The zero-order valence-electron chi connectivity index (χ0n) is 15.4. The van der Waals surface area contributed by atoms with Crippen LogP contribution in [0.1, 0.15) is 31.4 Å². The van der Waals surface area contributed by atoms with E-state index in [0.29, 0.717) is 17.7 Å². The highest BCUT2D eigenvalue weighted by molar-refractivity contribution is 5.96. The van der Waals surface area contributed by atoms with Gasteiger partial charge in [0.15, 0.2) is 0 Å². The number of hydrogen-bond donors (Lipinski definition) is 2. The first-order chi connectivity index (χ1) is 12.7. The Morgan fingerprint density at radius 1 is 1.26 bits per heavy atom. The fourth-order valence-corrected chi connectivity index (χ4v) is 4.13. The topological polar surface area (TPSA) is 76.1 Å². The highest BCUT2D eigenvalue weighted by atomic mass is 35.5. The molecule has 2 atom stereocenters. The number of ether oxygens (including phenoxy) is 1. The third kappa shape index (κ3) is 4.06. The second-order valence-corrected chi connectivity index (χ2v) is 7.29. The quantitative estimate of drug-likeness (QED) is 0.834. The van der Waals surface area contributed by atoms with Crippen LogP contribution in [0, 0.1) is 18.3 Å². The Morgan fingerprint density at radius 2 is 2.07 bits per heavy atom. The fourth-order valence-electron chi connectivity index (χ4n) is 4.13. The molecular formula is C20H25ClN4O2. The number of anilines is 1. The molecule has 1 aromatic heterocycles. The molecule has 2 fully saturated rings. The molecule has 1 saturated carbocycles. The van der Waals surface area contributed by atoms with Crippen molar-refractivity contribution < 1.29 is 9.53 Å². The van der Waals surface area contributed by atoms with E-state index in [9.17, 15) is 4.79 Å². The molecule has 2 N–H and O–H groups in total. The number of aryl methyl sites for hydroxylation is 1. The van der Waals surface area contributed by atoms with Gasteiger partial charge in [0.25, 0.3) is 0 Å². The van der Waals surface area contributed by atoms with Crippen molar-refractivity contribution >= 4 is 24.0 Å². The van der Waals surface area contributed by atoms with Crippen LogP contribution in [0.5, 0.6) is 11.8 Å². The van der Waals surface area contributed by atoms with Gasteiger partial charge >= 0.3 is 6.01 Å². The number of halogens is 1. The average Bonchev–Trinajstić information content (AvgIpc) is 3.09. The number of aromatic nitrogens is 2. The number of carbonyl (C=O) groups is 1. The molecule has 0 unspecified atom stereocenters. The molecule has 2 aliphatic rings. The first kappa shape index (κ1) is 19.6. The minimum Gasteiger partial charge on any atom is -0.424 e. The highest BCUT2D eigenvalue weighted by Gasteiger charge is 2.49. The van der Waals surface area contributed by atoms with E-state index in [2.05, 4.69) is 20.6 Å². The second kappa shape index (κ2) is 8.23. The molecule has 1 aliphatic heterocycles. The van der Waals surface area contributed by atoms with Crippen molar-refractivity contribution in [2.45, 2.75) is 32.6 Å². The molecule has 4 rings (SSSR count). The number of carbonyl (C=O) groups excluding carboxylic acids is 1. The van der Waals surface area contributed by atoms with Crippen molar-refractivity contribution in [3.05, 3.63) is 42.2 Å². The Kier molecular flexibility index (Phi) is 5.97. The maximum Gasteiger partial charge on any atom is 0.322 e. The Bertz CT molecular complexity index is 799. The lowest BCUT2D eigenvalue weighted by Gasteiger charge is -2.37. The van der Waals surface area contributed by atoms with Crippen LogP contribution in [-0.4, -0.2) is 29.0 Å². The Hall–Kier alpha value is -2.18. The fraction of sp³-hybridized carbons (Fsp3) is 0.450. The zero-order valence-corrected chi connectivity index (χ0v) is 16.2. The maximum atomic E-state index is 13.0. The van der Waals surface area contributed by atoms with E-state index in [1.165, 1.54) is 6.42 Å². The predicted molar refractivity (Wildman–Crippen MR) is 106 cm³/mol. The summed E-state index contributed by atoms with van der Waals surface area (Å²) in [4.78, 5) is 21.3. The van der Waals surface area contributed by atoms with Gasteiger partial charge in [-0.25, -0.2) is 9.97 Å². The van der Waals surface area contributed by atoms with Crippen molar-refractivity contribution in [3.8, 4) is 11.8 Å². The summed E-state index contributed by atoms with van der Waals surface area (Å²) >= 11 is 0. The number of benzene rings is 1. The van der Waals surface area contributed by atoms with Gasteiger partial charge in [0.05, 0.1) is 5.41 Å². The Labute approximate surface area is 165 Å². The molecule has 7 heteroatoms. The molecule has 2 heterocycles. The molecule has 1 aromatic carbocycles.